The van der Waals surface area contributed by atoms with Gasteiger partial charge in [0.1, 0.15) is 17.5 Å². The Hall–Kier alpha value is -3.96. The van der Waals surface area contributed by atoms with Crippen molar-refractivity contribution in [2.45, 2.75) is 44.2 Å². The smallest absolute Gasteiger partial charge is 0.167 e. The maximum absolute atomic E-state index is 15.2. The largest absolute Gasteiger partial charge is 0.383 e. The van der Waals surface area contributed by atoms with Crippen molar-refractivity contribution in [3.8, 4) is 22.9 Å². The summed E-state index contributed by atoms with van der Waals surface area (Å²) in [4.78, 5) is 14.0. The first kappa shape index (κ1) is 24.4. The normalized spacial score (nSPS) is 18.1. The molecule has 1 unspecified atom stereocenters. The van der Waals surface area contributed by atoms with Gasteiger partial charge in [-0.2, -0.15) is 5.10 Å². The van der Waals surface area contributed by atoms with Crippen molar-refractivity contribution in [1.82, 2.24) is 34.0 Å². The molecule has 6 rings (SSSR count). The number of hydrogen-bond acceptors (Lipinski definition) is 6. The molecular weight excluding hydrogens is 503 g/mol. The molecule has 0 bridgehead atoms. The van der Waals surface area contributed by atoms with Gasteiger partial charge in [0.25, 0.3) is 0 Å². The third kappa shape index (κ3) is 4.17. The summed E-state index contributed by atoms with van der Waals surface area (Å²) < 4.78 is 34.0. The topological polar surface area (TPSA) is 117 Å². The molecule has 0 aliphatic heterocycles. The van der Waals surface area contributed by atoms with Gasteiger partial charge in [0.05, 0.1) is 27.3 Å². The van der Waals surface area contributed by atoms with Crippen LogP contribution in [0.2, 0.25) is 0 Å². The first-order chi connectivity index (χ1) is 18.2. The van der Waals surface area contributed by atoms with Gasteiger partial charge in [0.2, 0.25) is 0 Å². The molecule has 0 saturated heterocycles. The molecule has 0 radical (unpaired) electrons. The lowest BCUT2D eigenvalue weighted by Crippen LogP contribution is -2.37. The molecule has 4 heterocycles. The van der Waals surface area contributed by atoms with Gasteiger partial charge in [-0.05, 0) is 74.4 Å². The van der Waals surface area contributed by atoms with Gasteiger partial charge in [-0.25, -0.2) is 33.0 Å². The van der Waals surface area contributed by atoms with Gasteiger partial charge >= 0.3 is 0 Å². The Morgan fingerprint density at radius 3 is 2.68 bits per heavy atom. The summed E-state index contributed by atoms with van der Waals surface area (Å²) in [7, 11) is -1.40. The number of nitrogens with zero attached hydrogens (tertiary/aromatic N) is 6. The van der Waals surface area contributed by atoms with Gasteiger partial charge in [0, 0.05) is 30.7 Å². The lowest BCUT2D eigenvalue weighted by molar-refractivity contribution is 0.291. The number of fused-ring (bicyclic) bond motifs is 2. The average molecular weight is 531 g/mol. The predicted octanol–water partition coefficient (Wildman–Crippen LogP) is 4.24. The van der Waals surface area contributed by atoms with Crippen LogP contribution < -0.4 is 10.5 Å². The number of imidazole rings is 1. The van der Waals surface area contributed by atoms with Crippen LogP contribution in [0.25, 0.3) is 34.1 Å². The van der Waals surface area contributed by atoms with Crippen molar-refractivity contribution < 1.29 is 8.60 Å². The van der Waals surface area contributed by atoms with Crippen LogP contribution in [-0.4, -0.2) is 44.4 Å². The second-order valence-electron chi connectivity index (χ2n) is 10.2. The molecule has 1 aliphatic carbocycles. The monoisotopic (exact) mass is 530 g/mol. The first-order valence-electron chi connectivity index (χ1n) is 12.3. The molecule has 0 spiro atoms. The first-order valence-corrected chi connectivity index (χ1v) is 13.4. The summed E-state index contributed by atoms with van der Waals surface area (Å²) in [6, 6.07) is 14.3. The van der Waals surface area contributed by atoms with Gasteiger partial charge in [-0.15, -0.1) is 0 Å². The molecule has 0 amide bonds. The van der Waals surface area contributed by atoms with Crippen molar-refractivity contribution in [2.24, 2.45) is 0 Å². The molecule has 4 aromatic heterocycles. The Kier molecular flexibility index (Phi) is 5.84. The molecule has 3 atom stereocenters. The minimum atomic E-state index is -1.40. The number of pyridine rings is 2. The summed E-state index contributed by atoms with van der Waals surface area (Å²) in [5.41, 5.74) is 10.6. The van der Waals surface area contributed by atoms with E-state index in [1.165, 1.54) is 0 Å². The molecule has 5 aromatic rings. The summed E-state index contributed by atoms with van der Waals surface area (Å²) in [6.07, 6.45) is 4.16. The second-order valence-corrected chi connectivity index (χ2v) is 12.2. The molecule has 194 valence electrons. The number of halogens is 1. The number of nitrogen functional groups attached to an aromatic ring is 1. The number of nitrogens with one attached hydrogen (secondary N) is 1. The number of aromatic nitrogens is 6. The van der Waals surface area contributed by atoms with E-state index < -0.39 is 27.9 Å². The van der Waals surface area contributed by atoms with Crippen LogP contribution in [0.5, 0.6) is 0 Å². The third-order valence-electron chi connectivity index (χ3n) is 6.59. The van der Waals surface area contributed by atoms with Gasteiger partial charge < -0.3 is 5.73 Å². The Balaban J connectivity index is 1.51. The van der Waals surface area contributed by atoms with Gasteiger partial charge in [-0.1, -0.05) is 6.07 Å². The number of alkyl halides is 1. The third-order valence-corrected chi connectivity index (χ3v) is 8.18. The number of hydrogen-bond donors (Lipinski definition) is 2. The van der Waals surface area contributed by atoms with Crippen LogP contribution in [0.15, 0.2) is 67.1 Å². The minimum Gasteiger partial charge on any atom is -0.383 e. The van der Waals surface area contributed by atoms with Crippen LogP contribution >= 0.6 is 0 Å². The molecule has 0 saturated carbocycles. The summed E-state index contributed by atoms with van der Waals surface area (Å²) in [5, 5.41) is 4.30. The highest BCUT2D eigenvalue weighted by molar-refractivity contribution is 7.84. The van der Waals surface area contributed by atoms with Crippen LogP contribution in [0.4, 0.5) is 10.2 Å². The van der Waals surface area contributed by atoms with Gasteiger partial charge in [0.15, 0.2) is 17.3 Å². The highest BCUT2D eigenvalue weighted by Gasteiger charge is 2.36. The molecule has 0 fully saturated rings. The molecule has 9 nitrogen and oxygen atoms in total. The Morgan fingerprint density at radius 1 is 1.11 bits per heavy atom. The van der Waals surface area contributed by atoms with E-state index in [0.717, 1.165) is 16.8 Å². The van der Waals surface area contributed by atoms with E-state index >= 15 is 4.39 Å². The Labute approximate surface area is 221 Å². The number of anilines is 1. The van der Waals surface area contributed by atoms with Crippen molar-refractivity contribution in [2.75, 3.05) is 5.73 Å². The van der Waals surface area contributed by atoms with E-state index in [1.807, 2.05) is 74.0 Å². The lowest BCUT2D eigenvalue weighted by atomic mass is 10.1. The maximum atomic E-state index is 15.2. The molecule has 1 aliphatic rings. The standard InChI is InChI=1S/C27H27FN8OS/c1-27(2,3)38(37)34-23-18-8-7-17(14-16(18)15-20(23)28)36-25(19-6-4-11-30-24(19)29)32-21-9-10-22(33-26(21)36)35-13-5-12-31-35/h4-14,20,23,34H,15H2,1-3H3,(H2,29,30)/t20-,23-,38?/m1/s1. The molecule has 3 N–H and O–H groups in total. The SMILES string of the molecule is CC(C)(C)S(=O)N[C@@H]1c2ccc(-n3c(-c4cccnc4N)nc4ccc(-n5cccn5)nc43)cc2C[C@H]1F. The lowest BCUT2D eigenvalue weighted by Gasteiger charge is -2.23. The second kappa shape index (κ2) is 9.10. The fourth-order valence-corrected chi connectivity index (χ4v) is 5.53. The zero-order valence-electron chi connectivity index (χ0n) is 21.2. The van der Waals surface area contributed by atoms with E-state index in [-0.39, 0.29) is 6.42 Å². The Morgan fingerprint density at radius 2 is 1.95 bits per heavy atom. The van der Waals surface area contributed by atoms with E-state index in [2.05, 4.69) is 14.8 Å². The number of nitrogens with two attached hydrogens (primary N) is 1. The van der Waals surface area contributed by atoms with Crippen molar-refractivity contribution >= 4 is 28.0 Å². The average Bonchev–Trinajstić information content (AvgIpc) is 3.61. The Bertz CT molecular complexity index is 1670. The van der Waals surface area contributed by atoms with Crippen LogP contribution in [-0.2, 0) is 17.4 Å². The quantitative estimate of drug-likeness (QED) is 0.351. The highest BCUT2D eigenvalue weighted by Crippen LogP contribution is 2.38. The van der Waals surface area contributed by atoms with Crippen LogP contribution in [0.1, 0.15) is 37.9 Å². The maximum Gasteiger partial charge on any atom is 0.167 e. The predicted molar refractivity (Wildman–Crippen MR) is 146 cm³/mol. The van der Waals surface area contributed by atoms with Crippen LogP contribution in [0.3, 0.4) is 0 Å². The van der Waals surface area contributed by atoms with E-state index in [9.17, 15) is 4.21 Å². The van der Waals surface area contributed by atoms with E-state index in [0.29, 0.717) is 34.2 Å². The zero-order valence-corrected chi connectivity index (χ0v) is 22.0. The molecule has 11 heteroatoms. The van der Waals surface area contributed by atoms with Gasteiger partial charge in [-0.3, -0.25) is 4.57 Å². The van der Waals surface area contributed by atoms with Crippen molar-refractivity contribution in [3.63, 3.8) is 0 Å². The van der Waals surface area contributed by atoms with E-state index in [1.54, 1.807) is 23.1 Å². The summed E-state index contributed by atoms with van der Waals surface area (Å²) in [6.45, 7) is 5.59. The van der Waals surface area contributed by atoms with E-state index in [4.69, 9.17) is 15.7 Å². The van der Waals surface area contributed by atoms with Crippen molar-refractivity contribution in [1.29, 1.82) is 0 Å². The zero-order chi connectivity index (χ0) is 26.6. The summed E-state index contributed by atoms with van der Waals surface area (Å²) in [5.74, 6) is 1.55. The number of rotatable bonds is 5. The van der Waals surface area contributed by atoms with Crippen molar-refractivity contribution in [3.05, 3.63) is 78.2 Å². The molecule has 38 heavy (non-hydrogen) atoms. The van der Waals surface area contributed by atoms with Crippen LogP contribution in [0, 0.1) is 0 Å². The molecule has 1 aromatic carbocycles. The highest BCUT2D eigenvalue weighted by atomic mass is 32.2. The fourth-order valence-electron chi connectivity index (χ4n) is 4.67. The molecular formula is C27H27FN8OS. The minimum absolute atomic E-state index is 0.213. The number of benzene rings is 1. The fraction of sp³-hybridized carbons (Fsp3) is 0.259. The summed E-state index contributed by atoms with van der Waals surface area (Å²) >= 11 is 0.